The molecule has 0 amide bonds. The Hall–Kier alpha value is -1.73. The Kier molecular flexibility index (Phi) is 4.77. The minimum Gasteiger partial charge on any atom is -0.330 e. The number of imidazole rings is 1. The molecule has 1 atom stereocenters. The molecule has 3 heterocycles. The Morgan fingerprint density at radius 3 is 2.78 bits per heavy atom. The van der Waals surface area contributed by atoms with Gasteiger partial charge in [0, 0.05) is 50.3 Å². The second kappa shape index (κ2) is 6.80. The van der Waals surface area contributed by atoms with Crippen LogP contribution in [0.3, 0.4) is 0 Å². The first-order chi connectivity index (χ1) is 11.1. The predicted octanol–water partition coefficient (Wildman–Crippen LogP) is 1.86. The molecule has 1 unspecified atom stereocenters. The number of sulfonamides is 1. The first-order valence-corrected chi connectivity index (χ1v) is 9.59. The summed E-state index contributed by atoms with van der Waals surface area (Å²) >= 11 is 0. The molecule has 1 aliphatic rings. The van der Waals surface area contributed by atoms with Crippen molar-refractivity contribution in [2.45, 2.75) is 32.2 Å². The van der Waals surface area contributed by atoms with Crippen molar-refractivity contribution in [2.75, 3.05) is 18.8 Å². The van der Waals surface area contributed by atoms with E-state index in [4.69, 9.17) is 0 Å². The summed E-state index contributed by atoms with van der Waals surface area (Å²) in [6.45, 7) is 3.58. The second-order valence-electron chi connectivity index (χ2n) is 5.87. The summed E-state index contributed by atoms with van der Waals surface area (Å²) in [4.78, 5) is 8.54. The smallest absolute Gasteiger partial charge is 0.213 e. The fourth-order valence-electron chi connectivity index (χ4n) is 3.09. The number of nitrogens with zero attached hydrogens (tertiary/aromatic N) is 4. The highest BCUT2D eigenvalue weighted by atomic mass is 32.2. The van der Waals surface area contributed by atoms with Crippen molar-refractivity contribution in [3.05, 3.63) is 48.3 Å². The van der Waals surface area contributed by atoms with Crippen molar-refractivity contribution in [1.82, 2.24) is 18.8 Å². The maximum Gasteiger partial charge on any atom is 0.213 e. The highest BCUT2D eigenvalue weighted by molar-refractivity contribution is 7.89. The number of hydrogen-bond acceptors (Lipinski definition) is 4. The van der Waals surface area contributed by atoms with Gasteiger partial charge in [-0.15, -0.1) is 0 Å². The maximum atomic E-state index is 12.1. The van der Waals surface area contributed by atoms with E-state index in [1.807, 2.05) is 18.3 Å². The van der Waals surface area contributed by atoms with Gasteiger partial charge in [0.25, 0.3) is 0 Å². The van der Waals surface area contributed by atoms with Crippen LogP contribution in [0.2, 0.25) is 0 Å². The average molecular weight is 334 g/mol. The third kappa shape index (κ3) is 3.61. The summed E-state index contributed by atoms with van der Waals surface area (Å²) in [6.07, 6.45) is 9.17. The molecule has 2 aromatic rings. The van der Waals surface area contributed by atoms with E-state index in [-0.39, 0.29) is 11.7 Å². The van der Waals surface area contributed by atoms with Gasteiger partial charge in [-0.2, -0.15) is 0 Å². The monoisotopic (exact) mass is 334 g/mol. The summed E-state index contributed by atoms with van der Waals surface area (Å²) in [7, 11) is -3.13. The van der Waals surface area contributed by atoms with Crippen molar-refractivity contribution in [2.24, 2.45) is 0 Å². The van der Waals surface area contributed by atoms with Gasteiger partial charge in [-0.1, -0.05) is 0 Å². The van der Waals surface area contributed by atoms with Crippen molar-refractivity contribution >= 4 is 10.0 Å². The normalized spacial score (nSPS) is 19.8. The number of rotatable bonds is 5. The number of piperidine rings is 1. The molecule has 23 heavy (non-hydrogen) atoms. The topological polar surface area (TPSA) is 68.1 Å². The average Bonchev–Trinajstić information content (AvgIpc) is 3.04. The fraction of sp³-hybridized carbons (Fsp3) is 0.500. The third-order valence-corrected chi connectivity index (χ3v) is 6.21. The van der Waals surface area contributed by atoms with E-state index in [0.29, 0.717) is 13.1 Å². The summed E-state index contributed by atoms with van der Waals surface area (Å²) in [5.41, 5.74) is 1.16. The van der Waals surface area contributed by atoms with Crippen LogP contribution < -0.4 is 0 Å². The minimum absolute atomic E-state index is 0.155. The zero-order chi connectivity index (χ0) is 16.3. The molecule has 6 nitrogen and oxygen atoms in total. The van der Waals surface area contributed by atoms with E-state index < -0.39 is 10.0 Å². The van der Waals surface area contributed by atoms with E-state index in [9.17, 15) is 8.42 Å². The van der Waals surface area contributed by atoms with E-state index in [2.05, 4.69) is 14.5 Å². The summed E-state index contributed by atoms with van der Waals surface area (Å²) in [6, 6.07) is 3.97. The van der Waals surface area contributed by atoms with Crippen LogP contribution in [0, 0.1) is 0 Å². The van der Waals surface area contributed by atoms with Gasteiger partial charge in [-0.3, -0.25) is 4.98 Å². The predicted molar refractivity (Wildman–Crippen MR) is 88.6 cm³/mol. The molecule has 0 aliphatic carbocycles. The first kappa shape index (κ1) is 16.1. The molecule has 0 spiro atoms. The van der Waals surface area contributed by atoms with Gasteiger partial charge in [0.1, 0.15) is 5.82 Å². The molecule has 0 bridgehead atoms. The van der Waals surface area contributed by atoms with Crippen molar-refractivity contribution in [3.8, 4) is 0 Å². The zero-order valence-corrected chi connectivity index (χ0v) is 14.1. The van der Waals surface area contributed by atoms with Crippen LogP contribution in [0.25, 0.3) is 0 Å². The van der Waals surface area contributed by atoms with Crippen LogP contribution in [-0.4, -0.2) is 46.1 Å². The Balaban J connectivity index is 1.78. The molecular formula is C16H22N4O2S. The molecule has 124 valence electrons. The molecule has 0 saturated carbocycles. The molecule has 3 rings (SSSR count). The molecule has 1 aliphatic heterocycles. The highest BCUT2D eigenvalue weighted by Gasteiger charge is 2.30. The van der Waals surface area contributed by atoms with E-state index in [0.717, 1.165) is 30.8 Å². The molecule has 0 aromatic carbocycles. The molecule has 2 aromatic heterocycles. The van der Waals surface area contributed by atoms with Crippen LogP contribution in [0.1, 0.15) is 37.1 Å². The van der Waals surface area contributed by atoms with Gasteiger partial charge in [0.05, 0.1) is 5.75 Å². The number of aromatic nitrogens is 3. The second-order valence-corrected chi connectivity index (χ2v) is 8.12. The molecule has 1 fully saturated rings. The highest BCUT2D eigenvalue weighted by Crippen LogP contribution is 2.27. The lowest BCUT2D eigenvalue weighted by Crippen LogP contribution is -2.40. The van der Waals surface area contributed by atoms with E-state index >= 15 is 0 Å². The molecule has 0 radical (unpaired) electrons. The molecule has 0 N–H and O–H groups in total. The van der Waals surface area contributed by atoms with Gasteiger partial charge in [-0.25, -0.2) is 17.7 Å². The Labute approximate surface area is 137 Å². The quantitative estimate of drug-likeness (QED) is 0.837. The molecule has 1 saturated heterocycles. The van der Waals surface area contributed by atoms with Gasteiger partial charge >= 0.3 is 0 Å². The molecule has 7 heteroatoms. The minimum atomic E-state index is -3.13. The zero-order valence-electron chi connectivity index (χ0n) is 13.3. The standard InChI is InChI=1S/C16H22N4O2S/c1-2-23(21,22)20-10-3-4-15(13-20)16-18-9-11-19(16)12-14-5-7-17-8-6-14/h5-9,11,15H,2-4,10,12-13H2,1H3. The summed E-state index contributed by atoms with van der Waals surface area (Å²) < 4.78 is 28.0. The van der Waals surface area contributed by atoms with Gasteiger partial charge in [-0.05, 0) is 37.5 Å². The van der Waals surface area contributed by atoms with Crippen LogP contribution in [0.5, 0.6) is 0 Å². The van der Waals surface area contributed by atoms with Gasteiger partial charge in [0.15, 0.2) is 0 Å². The van der Waals surface area contributed by atoms with Gasteiger partial charge < -0.3 is 4.57 Å². The summed E-state index contributed by atoms with van der Waals surface area (Å²) in [5.74, 6) is 1.28. The van der Waals surface area contributed by atoms with Crippen LogP contribution in [-0.2, 0) is 16.6 Å². The Morgan fingerprint density at radius 2 is 2.04 bits per heavy atom. The van der Waals surface area contributed by atoms with Crippen LogP contribution in [0.15, 0.2) is 36.9 Å². The summed E-state index contributed by atoms with van der Waals surface area (Å²) in [5, 5.41) is 0. The largest absolute Gasteiger partial charge is 0.330 e. The van der Waals surface area contributed by atoms with Crippen molar-refractivity contribution in [3.63, 3.8) is 0 Å². The third-order valence-electron chi connectivity index (χ3n) is 4.36. The maximum absolute atomic E-state index is 12.1. The van der Waals surface area contributed by atoms with Crippen molar-refractivity contribution in [1.29, 1.82) is 0 Å². The number of hydrogen-bond donors (Lipinski definition) is 0. The SMILES string of the molecule is CCS(=O)(=O)N1CCCC(c2nccn2Cc2ccncc2)C1. The lowest BCUT2D eigenvalue weighted by atomic mass is 9.98. The van der Waals surface area contributed by atoms with Crippen molar-refractivity contribution < 1.29 is 8.42 Å². The van der Waals surface area contributed by atoms with Crippen LogP contribution >= 0.6 is 0 Å². The lowest BCUT2D eigenvalue weighted by Gasteiger charge is -2.31. The Morgan fingerprint density at radius 1 is 1.26 bits per heavy atom. The van der Waals surface area contributed by atoms with Crippen LogP contribution in [0.4, 0.5) is 0 Å². The van der Waals surface area contributed by atoms with E-state index in [1.54, 1.807) is 29.8 Å². The lowest BCUT2D eigenvalue weighted by molar-refractivity contribution is 0.306. The fourth-order valence-corrected chi connectivity index (χ4v) is 4.27. The first-order valence-electron chi connectivity index (χ1n) is 7.98. The Bertz CT molecular complexity index is 742. The van der Waals surface area contributed by atoms with Gasteiger partial charge in [0.2, 0.25) is 10.0 Å². The molecular weight excluding hydrogens is 312 g/mol. The number of pyridine rings is 1. The van der Waals surface area contributed by atoms with E-state index in [1.165, 1.54) is 0 Å².